The Hall–Kier alpha value is -1.19. The van der Waals surface area contributed by atoms with Crippen LogP contribution in [0.2, 0.25) is 0 Å². The van der Waals surface area contributed by atoms with Crippen LogP contribution in [0.25, 0.3) is 0 Å². The zero-order valence-corrected chi connectivity index (χ0v) is 7.33. The fourth-order valence-corrected chi connectivity index (χ4v) is 1.24. The van der Waals surface area contributed by atoms with E-state index in [1.165, 1.54) is 25.2 Å². The zero-order valence-electron chi connectivity index (χ0n) is 7.33. The first-order valence-corrected chi connectivity index (χ1v) is 4.56. The van der Waals surface area contributed by atoms with Crippen LogP contribution in [0.1, 0.15) is 19.3 Å². The molecule has 3 nitrogen and oxygen atoms in total. The molecule has 1 aromatic rings. The third-order valence-electron chi connectivity index (χ3n) is 2.19. The second-order valence-electron chi connectivity index (χ2n) is 3.38. The van der Waals surface area contributed by atoms with E-state index in [0.717, 1.165) is 18.9 Å². The van der Waals surface area contributed by atoms with E-state index < -0.39 is 5.95 Å². The summed E-state index contributed by atoms with van der Waals surface area (Å²) in [5.74, 6) is 0.983. The standard InChI is InChI=1S/C9H12FN3/c10-8-5-9(13-6-12-8)11-4-3-7-1-2-7/h5-7H,1-4H2,(H,11,12,13). The molecule has 1 aliphatic rings. The Kier molecular flexibility index (Phi) is 2.38. The van der Waals surface area contributed by atoms with Crippen LogP contribution >= 0.6 is 0 Å². The minimum absolute atomic E-state index is 0.482. The average molecular weight is 181 g/mol. The molecular weight excluding hydrogens is 169 g/mol. The average Bonchev–Trinajstić information content (AvgIpc) is 2.88. The number of aromatic nitrogens is 2. The monoisotopic (exact) mass is 181 g/mol. The van der Waals surface area contributed by atoms with Crippen LogP contribution in [0.15, 0.2) is 12.4 Å². The molecule has 1 fully saturated rings. The first-order chi connectivity index (χ1) is 6.34. The summed E-state index contributed by atoms with van der Waals surface area (Å²) in [6.07, 6.45) is 5.08. The van der Waals surface area contributed by atoms with Gasteiger partial charge in [0.15, 0.2) is 0 Å². The fraction of sp³-hybridized carbons (Fsp3) is 0.556. The molecule has 0 radical (unpaired) electrons. The van der Waals surface area contributed by atoms with Crippen molar-refractivity contribution in [2.24, 2.45) is 5.92 Å². The van der Waals surface area contributed by atoms with Crippen molar-refractivity contribution in [3.8, 4) is 0 Å². The molecule has 4 heteroatoms. The molecule has 1 N–H and O–H groups in total. The number of nitrogens with zero attached hydrogens (tertiary/aromatic N) is 2. The van der Waals surface area contributed by atoms with E-state index in [2.05, 4.69) is 15.3 Å². The van der Waals surface area contributed by atoms with E-state index in [1.54, 1.807) is 0 Å². The Labute approximate surface area is 76.4 Å². The van der Waals surface area contributed by atoms with Crippen molar-refractivity contribution < 1.29 is 4.39 Å². The molecule has 0 aliphatic heterocycles. The van der Waals surface area contributed by atoms with Gasteiger partial charge in [0.1, 0.15) is 12.1 Å². The van der Waals surface area contributed by atoms with Crippen LogP contribution in [0.4, 0.5) is 10.2 Å². The van der Waals surface area contributed by atoms with Gasteiger partial charge in [0.25, 0.3) is 0 Å². The highest BCUT2D eigenvalue weighted by Crippen LogP contribution is 2.31. The summed E-state index contributed by atoms with van der Waals surface area (Å²) in [5, 5.41) is 3.07. The second-order valence-corrected chi connectivity index (χ2v) is 3.38. The van der Waals surface area contributed by atoms with Crippen molar-refractivity contribution in [2.75, 3.05) is 11.9 Å². The normalized spacial score (nSPS) is 15.8. The minimum Gasteiger partial charge on any atom is -0.370 e. The van der Waals surface area contributed by atoms with Gasteiger partial charge in [-0.3, -0.25) is 0 Å². The Morgan fingerprint density at radius 2 is 2.31 bits per heavy atom. The maximum Gasteiger partial charge on any atom is 0.217 e. The van der Waals surface area contributed by atoms with Crippen molar-refractivity contribution in [1.82, 2.24) is 9.97 Å². The van der Waals surface area contributed by atoms with Gasteiger partial charge in [-0.1, -0.05) is 12.8 Å². The summed E-state index contributed by atoms with van der Waals surface area (Å²) in [7, 11) is 0. The molecular formula is C9H12FN3. The molecule has 1 aliphatic carbocycles. The van der Waals surface area contributed by atoms with E-state index in [4.69, 9.17) is 0 Å². The summed E-state index contributed by atoms with van der Waals surface area (Å²) in [4.78, 5) is 7.27. The lowest BCUT2D eigenvalue weighted by Crippen LogP contribution is -2.04. The Bertz CT molecular complexity index is 286. The molecule has 0 saturated heterocycles. The van der Waals surface area contributed by atoms with E-state index in [9.17, 15) is 4.39 Å². The first-order valence-electron chi connectivity index (χ1n) is 4.56. The molecule has 1 aromatic heterocycles. The van der Waals surface area contributed by atoms with Crippen LogP contribution in [0, 0.1) is 11.9 Å². The highest BCUT2D eigenvalue weighted by Gasteiger charge is 2.20. The summed E-state index contributed by atoms with van der Waals surface area (Å²) >= 11 is 0. The summed E-state index contributed by atoms with van der Waals surface area (Å²) in [5.41, 5.74) is 0. The summed E-state index contributed by atoms with van der Waals surface area (Å²) in [6, 6.07) is 1.31. The first kappa shape index (κ1) is 8.41. The third-order valence-corrected chi connectivity index (χ3v) is 2.19. The number of rotatable bonds is 4. The molecule has 0 aromatic carbocycles. The predicted molar refractivity (Wildman–Crippen MR) is 47.8 cm³/mol. The van der Waals surface area contributed by atoms with Gasteiger partial charge in [0.2, 0.25) is 5.95 Å². The lowest BCUT2D eigenvalue weighted by Gasteiger charge is -2.03. The molecule has 0 bridgehead atoms. The highest BCUT2D eigenvalue weighted by molar-refractivity contribution is 5.31. The largest absolute Gasteiger partial charge is 0.370 e. The van der Waals surface area contributed by atoms with E-state index >= 15 is 0 Å². The van der Waals surface area contributed by atoms with Crippen LogP contribution in [-0.2, 0) is 0 Å². The molecule has 1 saturated carbocycles. The van der Waals surface area contributed by atoms with Gasteiger partial charge in [-0.05, 0) is 12.3 Å². The number of halogens is 1. The van der Waals surface area contributed by atoms with Gasteiger partial charge in [0.05, 0.1) is 0 Å². The lowest BCUT2D eigenvalue weighted by atomic mass is 10.3. The van der Waals surface area contributed by atoms with Crippen LogP contribution in [0.3, 0.4) is 0 Å². The maximum atomic E-state index is 12.6. The van der Waals surface area contributed by atoms with Gasteiger partial charge >= 0.3 is 0 Å². The number of hydrogen-bond donors (Lipinski definition) is 1. The molecule has 1 heterocycles. The van der Waals surface area contributed by atoms with E-state index in [0.29, 0.717) is 5.82 Å². The van der Waals surface area contributed by atoms with Crippen molar-refractivity contribution in [2.45, 2.75) is 19.3 Å². The minimum atomic E-state index is -0.482. The predicted octanol–water partition coefficient (Wildman–Crippen LogP) is 1.83. The number of nitrogens with one attached hydrogen (secondary N) is 1. The molecule has 0 amide bonds. The van der Waals surface area contributed by atoms with Crippen molar-refractivity contribution in [1.29, 1.82) is 0 Å². The molecule has 13 heavy (non-hydrogen) atoms. The van der Waals surface area contributed by atoms with E-state index in [-0.39, 0.29) is 0 Å². The van der Waals surface area contributed by atoms with Crippen molar-refractivity contribution in [3.05, 3.63) is 18.3 Å². The maximum absolute atomic E-state index is 12.6. The van der Waals surface area contributed by atoms with E-state index in [1.807, 2.05) is 0 Å². The SMILES string of the molecule is Fc1cc(NCCC2CC2)ncn1. The Balaban J connectivity index is 1.79. The topological polar surface area (TPSA) is 37.8 Å². The molecule has 70 valence electrons. The summed E-state index contributed by atoms with van der Waals surface area (Å²) < 4.78 is 12.6. The summed E-state index contributed by atoms with van der Waals surface area (Å²) in [6.45, 7) is 0.876. The fourth-order valence-electron chi connectivity index (χ4n) is 1.24. The Morgan fingerprint density at radius 3 is 3.00 bits per heavy atom. The van der Waals surface area contributed by atoms with Crippen LogP contribution in [0.5, 0.6) is 0 Å². The molecule has 2 rings (SSSR count). The van der Waals surface area contributed by atoms with Gasteiger partial charge in [0, 0.05) is 12.6 Å². The number of anilines is 1. The molecule has 0 spiro atoms. The highest BCUT2D eigenvalue weighted by atomic mass is 19.1. The van der Waals surface area contributed by atoms with Crippen LogP contribution in [-0.4, -0.2) is 16.5 Å². The van der Waals surface area contributed by atoms with Gasteiger partial charge in [-0.2, -0.15) is 4.39 Å². The molecule has 0 unspecified atom stereocenters. The quantitative estimate of drug-likeness (QED) is 0.720. The van der Waals surface area contributed by atoms with Gasteiger partial charge in [-0.25, -0.2) is 9.97 Å². The van der Waals surface area contributed by atoms with Crippen molar-refractivity contribution in [3.63, 3.8) is 0 Å². The van der Waals surface area contributed by atoms with Gasteiger partial charge in [-0.15, -0.1) is 0 Å². The smallest absolute Gasteiger partial charge is 0.217 e. The Morgan fingerprint density at radius 1 is 1.46 bits per heavy atom. The molecule has 0 atom stereocenters. The lowest BCUT2D eigenvalue weighted by molar-refractivity contribution is 0.580. The van der Waals surface area contributed by atoms with Crippen molar-refractivity contribution >= 4 is 5.82 Å². The number of hydrogen-bond acceptors (Lipinski definition) is 3. The third kappa shape index (κ3) is 2.65. The zero-order chi connectivity index (χ0) is 9.10. The second kappa shape index (κ2) is 3.68. The van der Waals surface area contributed by atoms with Crippen LogP contribution < -0.4 is 5.32 Å². The van der Waals surface area contributed by atoms with Gasteiger partial charge < -0.3 is 5.32 Å².